The normalized spacial score (nSPS) is 23.1. The van der Waals surface area contributed by atoms with Crippen LogP contribution in [0.4, 0.5) is 0 Å². The van der Waals surface area contributed by atoms with Gasteiger partial charge in [-0.05, 0) is 38.8 Å². The second-order valence-electron chi connectivity index (χ2n) is 6.08. The zero-order chi connectivity index (χ0) is 14.2. The molecule has 1 aliphatic heterocycles. The Bertz CT molecular complexity index is 480. The lowest BCUT2D eigenvalue weighted by molar-refractivity contribution is 0.0468. The van der Waals surface area contributed by atoms with Gasteiger partial charge < -0.3 is 0 Å². The summed E-state index contributed by atoms with van der Waals surface area (Å²) in [6, 6.07) is 0. The number of piperidine rings is 1. The summed E-state index contributed by atoms with van der Waals surface area (Å²) in [7, 11) is 1.80. The molecule has 0 amide bonds. The lowest BCUT2D eigenvalue weighted by Crippen LogP contribution is -2.55. The lowest BCUT2D eigenvalue weighted by atomic mass is 9.86. The number of likely N-dealkylation sites (tertiary alicyclic amines) is 1. The third-order valence-corrected chi connectivity index (χ3v) is 5.20. The Morgan fingerprint density at radius 3 is 2.40 bits per heavy atom. The number of carbonyl (C=O) groups is 1. The number of aryl methyl sites for hydroxylation is 1. The first-order chi connectivity index (χ1) is 9.65. The van der Waals surface area contributed by atoms with E-state index in [9.17, 15) is 4.79 Å². The summed E-state index contributed by atoms with van der Waals surface area (Å²) in [4.78, 5) is 15.6. The minimum atomic E-state index is -0.322. The van der Waals surface area contributed by atoms with E-state index in [-0.39, 0.29) is 11.3 Å². The number of halogens is 1. The lowest BCUT2D eigenvalue weighted by Gasteiger charge is -2.42. The molecule has 0 radical (unpaired) electrons. The Labute approximate surface area is 125 Å². The number of hydrogen-bond donors (Lipinski definition) is 0. The van der Waals surface area contributed by atoms with E-state index >= 15 is 0 Å². The Kier molecular flexibility index (Phi) is 3.87. The summed E-state index contributed by atoms with van der Waals surface area (Å²) in [5.41, 5.74) is 0.261. The number of Topliss-reactive ketones (excluding diaryl/α,β-unsaturated/α-hetero) is 1. The van der Waals surface area contributed by atoms with Crippen LogP contribution in [0.25, 0.3) is 0 Å². The molecule has 5 heteroatoms. The van der Waals surface area contributed by atoms with Crippen molar-refractivity contribution in [2.45, 2.75) is 50.5 Å². The maximum Gasteiger partial charge on any atom is 0.202 e. The van der Waals surface area contributed by atoms with Crippen molar-refractivity contribution in [3.05, 3.63) is 16.9 Å². The summed E-state index contributed by atoms with van der Waals surface area (Å²) in [6.07, 6.45) is 9.47. The van der Waals surface area contributed by atoms with Gasteiger partial charge in [0.25, 0.3) is 0 Å². The smallest absolute Gasteiger partial charge is 0.202 e. The van der Waals surface area contributed by atoms with Gasteiger partial charge in [-0.2, -0.15) is 5.10 Å². The maximum absolute atomic E-state index is 13.2. The van der Waals surface area contributed by atoms with Gasteiger partial charge in [-0.25, -0.2) is 0 Å². The van der Waals surface area contributed by atoms with Crippen molar-refractivity contribution in [2.75, 3.05) is 13.1 Å². The largest absolute Gasteiger partial charge is 0.291 e. The van der Waals surface area contributed by atoms with Crippen molar-refractivity contribution in [2.24, 2.45) is 7.05 Å². The zero-order valence-corrected chi connectivity index (χ0v) is 12.8. The Morgan fingerprint density at radius 1 is 1.20 bits per heavy atom. The van der Waals surface area contributed by atoms with E-state index in [1.165, 1.54) is 19.3 Å². The molecule has 2 aliphatic rings. The van der Waals surface area contributed by atoms with Crippen molar-refractivity contribution < 1.29 is 4.79 Å². The Balaban J connectivity index is 1.96. The summed E-state index contributed by atoms with van der Waals surface area (Å²) >= 11 is 6.20. The van der Waals surface area contributed by atoms with Gasteiger partial charge >= 0.3 is 0 Å². The van der Waals surface area contributed by atoms with Crippen LogP contribution in [0.5, 0.6) is 0 Å². The zero-order valence-electron chi connectivity index (χ0n) is 12.1. The fraction of sp³-hybridized carbons (Fsp3) is 0.733. The molecule has 3 rings (SSSR count). The Hall–Kier alpha value is -0.870. The second kappa shape index (κ2) is 5.49. The number of hydrogen-bond acceptors (Lipinski definition) is 3. The van der Waals surface area contributed by atoms with E-state index in [1.807, 2.05) is 0 Å². The topological polar surface area (TPSA) is 38.1 Å². The number of rotatable bonds is 3. The van der Waals surface area contributed by atoms with Gasteiger partial charge in [-0.3, -0.25) is 14.4 Å². The van der Waals surface area contributed by atoms with Crippen molar-refractivity contribution >= 4 is 17.4 Å². The highest BCUT2D eigenvalue weighted by Gasteiger charge is 2.47. The molecule has 110 valence electrons. The molecular weight excluding hydrogens is 274 g/mol. The quantitative estimate of drug-likeness (QED) is 0.805. The summed E-state index contributed by atoms with van der Waals surface area (Å²) in [5.74, 6) is 0.182. The fourth-order valence-corrected chi connectivity index (χ4v) is 4.11. The summed E-state index contributed by atoms with van der Waals surface area (Å²) in [5, 5.41) is 4.62. The molecule has 1 aromatic heterocycles. The average molecular weight is 296 g/mol. The van der Waals surface area contributed by atoms with Crippen LogP contribution in [0.3, 0.4) is 0 Å². The molecule has 0 aromatic carbocycles. The number of nitrogens with zero attached hydrogens (tertiary/aromatic N) is 3. The van der Waals surface area contributed by atoms with Gasteiger partial charge in [0.05, 0.1) is 16.8 Å². The molecule has 20 heavy (non-hydrogen) atoms. The van der Waals surface area contributed by atoms with Crippen LogP contribution < -0.4 is 0 Å². The van der Waals surface area contributed by atoms with Gasteiger partial charge in [0, 0.05) is 7.05 Å². The van der Waals surface area contributed by atoms with Crippen molar-refractivity contribution in [3.8, 4) is 0 Å². The highest BCUT2D eigenvalue weighted by atomic mass is 35.5. The SMILES string of the molecule is Cn1ncc(Cl)c1C(=O)C1(N2CCCCC2)CCCC1. The van der Waals surface area contributed by atoms with Crippen LogP contribution in [0.1, 0.15) is 55.4 Å². The van der Waals surface area contributed by atoms with Crippen LogP contribution >= 0.6 is 11.6 Å². The van der Waals surface area contributed by atoms with Gasteiger partial charge in [-0.1, -0.05) is 30.9 Å². The predicted octanol–water partition coefficient (Wildman–Crippen LogP) is 3.05. The first-order valence-electron chi connectivity index (χ1n) is 7.62. The van der Waals surface area contributed by atoms with E-state index in [2.05, 4.69) is 10.00 Å². The van der Waals surface area contributed by atoms with Gasteiger partial charge in [0.2, 0.25) is 5.78 Å². The third-order valence-electron chi connectivity index (χ3n) is 4.92. The molecule has 0 bridgehead atoms. The number of aromatic nitrogens is 2. The van der Waals surface area contributed by atoms with E-state index in [4.69, 9.17) is 11.6 Å². The van der Waals surface area contributed by atoms with E-state index in [1.54, 1.807) is 17.9 Å². The molecule has 0 N–H and O–H groups in total. The molecule has 2 fully saturated rings. The van der Waals surface area contributed by atoms with Crippen LogP contribution in [-0.4, -0.2) is 39.1 Å². The minimum absolute atomic E-state index is 0.182. The van der Waals surface area contributed by atoms with Gasteiger partial charge in [0.15, 0.2) is 0 Å². The standard InChI is InChI=1S/C15H22ClN3O/c1-18-13(12(16)11-17-18)14(20)15(7-3-4-8-15)19-9-5-2-6-10-19/h11H,2-10H2,1H3. The molecule has 1 saturated heterocycles. The molecule has 4 nitrogen and oxygen atoms in total. The van der Waals surface area contributed by atoms with Crippen molar-refractivity contribution in [1.29, 1.82) is 0 Å². The summed E-state index contributed by atoms with van der Waals surface area (Å²) in [6.45, 7) is 2.09. The van der Waals surface area contributed by atoms with Gasteiger partial charge in [0.1, 0.15) is 5.69 Å². The molecule has 0 spiro atoms. The van der Waals surface area contributed by atoms with Gasteiger partial charge in [-0.15, -0.1) is 0 Å². The monoisotopic (exact) mass is 295 g/mol. The first kappa shape index (κ1) is 14.1. The highest BCUT2D eigenvalue weighted by Crippen LogP contribution is 2.40. The second-order valence-corrected chi connectivity index (χ2v) is 6.49. The fourth-order valence-electron chi connectivity index (χ4n) is 3.86. The molecule has 0 unspecified atom stereocenters. The molecule has 0 atom stereocenters. The first-order valence-corrected chi connectivity index (χ1v) is 8.00. The van der Waals surface area contributed by atoms with Crippen LogP contribution in [0.2, 0.25) is 5.02 Å². The molecule has 1 aliphatic carbocycles. The number of ketones is 1. The predicted molar refractivity (Wildman–Crippen MR) is 79.2 cm³/mol. The molecular formula is C15H22ClN3O. The van der Waals surface area contributed by atoms with E-state index in [0.29, 0.717) is 10.7 Å². The summed E-state index contributed by atoms with van der Waals surface area (Å²) < 4.78 is 1.63. The number of carbonyl (C=O) groups excluding carboxylic acids is 1. The molecule has 2 heterocycles. The minimum Gasteiger partial charge on any atom is -0.291 e. The maximum atomic E-state index is 13.2. The van der Waals surface area contributed by atoms with E-state index in [0.717, 1.165) is 38.8 Å². The van der Waals surface area contributed by atoms with Crippen LogP contribution in [-0.2, 0) is 7.05 Å². The third kappa shape index (κ3) is 2.19. The average Bonchev–Trinajstić information content (AvgIpc) is 3.08. The van der Waals surface area contributed by atoms with Crippen molar-refractivity contribution in [3.63, 3.8) is 0 Å². The van der Waals surface area contributed by atoms with E-state index < -0.39 is 0 Å². The highest BCUT2D eigenvalue weighted by molar-refractivity contribution is 6.34. The Morgan fingerprint density at radius 2 is 1.85 bits per heavy atom. The van der Waals surface area contributed by atoms with Crippen LogP contribution in [0.15, 0.2) is 6.20 Å². The molecule has 1 saturated carbocycles. The van der Waals surface area contributed by atoms with Crippen LogP contribution in [0, 0.1) is 0 Å². The van der Waals surface area contributed by atoms with Crippen molar-refractivity contribution in [1.82, 2.24) is 14.7 Å². The molecule has 1 aromatic rings.